The molecule has 0 aliphatic carbocycles. The lowest BCUT2D eigenvalue weighted by Gasteiger charge is -2.10. The normalized spacial score (nSPS) is 10.5. The molecule has 0 saturated heterocycles. The third-order valence-corrected chi connectivity index (χ3v) is 3.37. The summed E-state index contributed by atoms with van der Waals surface area (Å²) in [6.45, 7) is 4.18. The molecule has 21 heavy (non-hydrogen) atoms. The van der Waals surface area contributed by atoms with Gasteiger partial charge in [-0.1, -0.05) is 49.7 Å². The van der Waals surface area contributed by atoms with Crippen LogP contribution in [0.5, 0.6) is 5.75 Å². The number of ether oxygens (including phenoxy) is 1. The third-order valence-electron chi connectivity index (χ3n) is 3.04. The molecule has 2 aromatic rings. The van der Waals surface area contributed by atoms with Crippen molar-refractivity contribution < 1.29 is 9.53 Å². The summed E-state index contributed by atoms with van der Waals surface area (Å²) in [6.07, 6.45) is 0. The average molecular weight is 304 g/mol. The molecule has 0 aromatic heterocycles. The molecular formula is C17H18ClNO2. The molecule has 4 heteroatoms. The zero-order chi connectivity index (χ0) is 15.2. The molecule has 0 atom stereocenters. The van der Waals surface area contributed by atoms with Crippen LogP contribution in [0.2, 0.25) is 5.02 Å². The Labute approximate surface area is 129 Å². The number of hydrogen-bond acceptors (Lipinski definition) is 2. The maximum absolute atomic E-state index is 11.9. The van der Waals surface area contributed by atoms with Crippen LogP contribution in [-0.2, 0) is 4.79 Å². The van der Waals surface area contributed by atoms with Crippen molar-refractivity contribution in [2.45, 2.75) is 19.8 Å². The fourth-order valence-electron chi connectivity index (χ4n) is 1.86. The van der Waals surface area contributed by atoms with E-state index in [-0.39, 0.29) is 12.5 Å². The van der Waals surface area contributed by atoms with E-state index in [9.17, 15) is 4.79 Å². The van der Waals surface area contributed by atoms with Crippen LogP contribution in [0.3, 0.4) is 0 Å². The second kappa shape index (κ2) is 7.14. The molecule has 0 spiro atoms. The minimum atomic E-state index is -0.238. The van der Waals surface area contributed by atoms with Crippen molar-refractivity contribution >= 4 is 23.2 Å². The molecule has 0 unspecified atom stereocenters. The summed E-state index contributed by atoms with van der Waals surface area (Å²) in [6, 6.07) is 14.9. The number of para-hydroxylation sites is 1. The predicted octanol–water partition coefficient (Wildman–Crippen LogP) is 4.48. The molecule has 0 aliphatic rings. The van der Waals surface area contributed by atoms with Gasteiger partial charge in [-0.3, -0.25) is 4.79 Å². The van der Waals surface area contributed by atoms with E-state index in [1.165, 1.54) is 5.56 Å². The van der Waals surface area contributed by atoms with Gasteiger partial charge < -0.3 is 10.1 Å². The first-order chi connectivity index (χ1) is 10.1. The van der Waals surface area contributed by atoms with Gasteiger partial charge in [0.05, 0.1) is 10.7 Å². The van der Waals surface area contributed by atoms with Crippen molar-refractivity contribution in [3.8, 4) is 5.75 Å². The first kappa shape index (κ1) is 15.4. The van der Waals surface area contributed by atoms with E-state index < -0.39 is 0 Å². The van der Waals surface area contributed by atoms with Crippen molar-refractivity contribution in [3.63, 3.8) is 0 Å². The van der Waals surface area contributed by atoms with Crippen LogP contribution in [-0.4, -0.2) is 12.5 Å². The van der Waals surface area contributed by atoms with Crippen LogP contribution >= 0.6 is 11.6 Å². The highest BCUT2D eigenvalue weighted by Crippen LogP contribution is 2.21. The first-order valence-electron chi connectivity index (χ1n) is 6.83. The van der Waals surface area contributed by atoms with Gasteiger partial charge in [-0.15, -0.1) is 0 Å². The third kappa shape index (κ3) is 4.50. The van der Waals surface area contributed by atoms with Gasteiger partial charge in [-0.05, 0) is 35.7 Å². The van der Waals surface area contributed by atoms with Gasteiger partial charge in [0.1, 0.15) is 5.75 Å². The van der Waals surface area contributed by atoms with Crippen LogP contribution in [0.4, 0.5) is 5.69 Å². The lowest BCUT2D eigenvalue weighted by Crippen LogP contribution is -2.20. The molecule has 3 nitrogen and oxygen atoms in total. The van der Waals surface area contributed by atoms with Crippen LogP contribution in [0.25, 0.3) is 0 Å². The molecule has 0 aliphatic heterocycles. The molecule has 0 radical (unpaired) electrons. The van der Waals surface area contributed by atoms with E-state index in [0.717, 1.165) is 0 Å². The van der Waals surface area contributed by atoms with Crippen molar-refractivity contribution in [2.75, 3.05) is 11.9 Å². The summed E-state index contributed by atoms with van der Waals surface area (Å²) < 4.78 is 5.52. The van der Waals surface area contributed by atoms with Crippen molar-refractivity contribution in [3.05, 3.63) is 59.1 Å². The monoisotopic (exact) mass is 303 g/mol. The molecule has 0 fully saturated rings. The summed E-state index contributed by atoms with van der Waals surface area (Å²) >= 11 is 5.99. The van der Waals surface area contributed by atoms with Crippen LogP contribution in [0.15, 0.2) is 48.5 Å². The Morgan fingerprint density at radius 1 is 1.19 bits per heavy atom. The van der Waals surface area contributed by atoms with Gasteiger partial charge in [0, 0.05) is 0 Å². The van der Waals surface area contributed by atoms with E-state index in [0.29, 0.717) is 22.4 Å². The zero-order valence-corrected chi connectivity index (χ0v) is 12.9. The average Bonchev–Trinajstić information content (AvgIpc) is 2.48. The second-order valence-electron chi connectivity index (χ2n) is 5.04. The standard InChI is InChI=1S/C17H18ClNO2/c1-12(2)13-6-5-7-14(10-13)21-11-17(20)19-16-9-4-3-8-15(16)18/h3-10,12H,11H2,1-2H3,(H,19,20). The molecule has 0 heterocycles. The number of anilines is 1. The first-order valence-corrected chi connectivity index (χ1v) is 7.21. The molecule has 2 aromatic carbocycles. The number of rotatable bonds is 5. The number of hydrogen-bond donors (Lipinski definition) is 1. The Morgan fingerprint density at radius 3 is 2.67 bits per heavy atom. The second-order valence-corrected chi connectivity index (χ2v) is 5.45. The summed E-state index contributed by atoms with van der Waals surface area (Å²) in [4.78, 5) is 11.9. The summed E-state index contributed by atoms with van der Waals surface area (Å²) in [5.74, 6) is 0.874. The fraction of sp³-hybridized carbons (Fsp3) is 0.235. The predicted molar refractivity (Wildman–Crippen MR) is 86.1 cm³/mol. The number of amides is 1. The maximum Gasteiger partial charge on any atom is 0.262 e. The maximum atomic E-state index is 11.9. The number of nitrogens with one attached hydrogen (secondary N) is 1. The van der Waals surface area contributed by atoms with E-state index >= 15 is 0 Å². The van der Waals surface area contributed by atoms with Gasteiger partial charge >= 0.3 is 0 Å². The molecule has 0 saturated carbocycles. The Kier molecular flexibility index (Phi) is 5.23. The van der Waals surface area contributed by atoms with Crippen molar-refractivity contribution in [1.82, 2.24) is 0 Å². The highest BCUT2D eigenvalue weighted by atomic mass is 35.5. The van der Waals surface area contributed by atoms with Crippen LogP contribution in [0, 0.1) is 0 Å². The van der Waals surface area contributed by atoms with Crippen molar-refractivity contribution in [2.24, 2.45) is 0 Å². The number of halogens is 1. The Morgan fingerprint density at radius 2 is 1.95 bits per heavy atom. The molecule has 1 amide bonds. The molecule has 0 bridgehead atoms. The van der Waals surface area contributed by atoms with E-state index in [1.807, 2.05) is 36.4 Å². The van der Waals surface area contributed by atoms with Gasteiger partial charge in [0.15, 0.2) is 6.61 Å². The van der Waals surface area contributed by atoms with Gasteiger partial charge in [0.25, 0.3) is 5.91 Å². The molecular weight excluding hydrogens is 286 g/mol. The minimum absolute atomic E-state index is 0.0488. The fourth-order valence-corrected chi connectivity index (χ4v) is 2.04. The molecule has 1 N–H and O–H groups in total. The summed E-state index contributed by atoms with van der Waals surface area (Å²) in [5.41, 5.74) is 1.77. The summed E-state index contributed by atoms with van der Waals surface area (Å²) in [7, 11) is 0. The van der Waals surface area contributed by atoms with Crippen molar-refractivity contribution in [1.29, 1.82) is 0 Å². The van der Waals surface area contributed by atoms with Gasteiger partial charge in [-0.2, -0.15) is 0 Å². The number of benzene rings is 2. The highest BCUT2D eigenvalue weighted by Gasteiger charge is 2.07. The quantitative estimate of drug-likeness (QED) is 0.884. The number of carbonyl (C=O) groups is 1. The van der Waals surface area contributed by atoms with Crippen LogP contribution in [0.1, 0.15) is 25.3 Å². The van der Waals surface area contributed by atoms with Gasteiger partial charge in [-0.25, -0.2) is 0 Å². The Hall–Kier alpha value is -2.00. The SMILES string of the molecule is CC(C)c1cccc(OCC(=O)Nc2ccccc2Cl)c1. The minimum Gasteiger partial charge on any atom is -0.484 e. The molecule has 2 rings (SSSR count). The van der Waals surface area contributed by atoms with E-state index in [1.54, 1.807) is 12.1 Å². The topological polar surface area (TPSA) is 38.3 Å². The molecule has 110 valence electrons. The van der Waals surface area contributed by atoms with E-state index in [4.69, 9.17) is 16.3 Å². The highest BCUT2D eigenvalue weighted by molar-refractivity contribution is 6.33. The summed E-state index contributed by atoms with van der Waals surface area (Å²) in [5, 5.41) is 3.23. The van der Waals surface area contributed by atoms with Gasteiger partial charge in [0.2, 0.25) is 0 Å². The lowest BCUT2D eigenvalue weighted by molar-refractivity contribution is -0.118. The number of carbonyl (C=O) groups excluding carboxylic acids is 1. The largest absolute Gasteiger partial charge is 0.484 e. The smallest absolute Gasteiger partial charge is 0.262 e. The van der Waals surface area contributed by atoms with Crippen LogP contribution < -0.4 is 10.1 Å². The lowest BCUT2D eigenvalue weighted by atomic mass is 10.0. The zero-order valence-electron chi connectivity index (χ0n) is 12.1. The Balaban J connectivity index is 1.92. The van der Waals surface area contributed by atoms with E-state index in [2.05, 4.69) is 19.2 Å². The Bertz CT molecular complexity index is 626.